The van der Waals surface area contributed by atoms with E-state index < -0.39 is 0 Å². The molecule has 0 spiro atoms. The lowest BCUT2D eigenvalue weighted by Crippen LogP contribution is -2.07. The monoisotopic (exact) mass is 337 g/mol. The van der Waals surface area contributed by atoms with Gasteiger partial charge in [-0.15, -0.1) is 10.2 Å². The molecule has 116 valence electrons. The predicted octanol–water partition coefficient (Wildman–Crippen LogP) is 2.93. The van der Waals surface area contributed by atoms with E-state index in [2.05, 4.69) is 15.5 Å². The molecular formula is C14H15N3O3S2. The second-order valence-corrected chi connectivity index (χ2v) is 6.05. The Balaban J connectivity index is 2.02. The zero-order chi connectivity index (χ0) is 15.9. The summed E-state index contributed by atoms with van der Waals surface area (Å²) in [5, 5.41) is 10.9. The summed E-state index contributed by atoms with van der Waals surface area (Å²) in [6.45, 7) is 0. The third-order valence-electron chi connectivity index (χ3n) is 2.65. The fourth-order valence-corrected chi connectivity index (χ4v) is 2.79. The number of hydrogen-bond acceptors (Lipinski definition) is 7. The average Bonchev–Trinajstić information content (AvgIpc) is 3.00. The van der Waals surface area contributed by atoms with Gasteiger partial charge in [0, 0.05) is 6.08 Å². The van der Waals surface area contributed by atoms with Crippen molar-refractivity contribution in [2.24, 2.45) is 0 Å². The van der Waals surface area contributed by atoms with Crippen molar-refractivity contribution >= 4 is 40.2 Å². The zero-order valence-corrected chi connectivity index (χ0v) is 14.0. The molecule has 2 aromatic rings. The van der Waals surface area contributed by atoms with E-state index in [4.69, 9.17) is 9.47 Å². The van der Waals surface area contributed by atoms with Gasteiger partial charge in [0.05, 0.1) is 14.2 Å². The maximum Gasteiger partial charge on any atom is 0.250 e. The van der Waals surface area contributed by atoms with Crippen molar-refractivity contribution in [3.63, 3.8) is 0 Å². The molecule has 0 aliphatic rings. The van der Waals surface area contributed by atoms with Crippen LogP contribution >= 0.6 is 23.1 Å². The molecule has 0 fully saturated rings. The van der Waals surface area contributed by atoms with Crippen LogP contribution in [0.5, 0.6) is 11.5 Å². The molecule has 1 heterocycles. The van der Waals surface area contributed by atoms with Gasteiger partial charge < -0.3 is 9.47 Å². The zero-order valence-electron chi connectivity index (χ0n) is 12.3. The van der Waals surface area contributed by atoms with Crippen LogP contribution in [0.2, 0.25) is 0 Å². The first-order chi connectivity index (χ1) is 10.7. The summed E-state index contributed by atoms with van der Waals surface area (Å²) in [6, 6.07) is 5.41. The Labute approximate surface area is 136 Å². The average molecular weight is 337 g/mol. The van der Waals surface area contributed by atoms with E-state index in [1.807, 2.05) is 12.3 Å². The number of anilines is 1. The van der Waals surface area contributed by atoms with Gasteiger partial charge in [-0.05, 0) is 30.0 Å². The summed E-state index contributed by atoms with van der Waals surface area (Å²) in [4.78, 5) is 11.8. The summed E-state index contributed by atoms with van der Waals surface area (Å²) in [7, 11) is 3.14. The van der Waals surface area contributed by atoms with Crippen molar-refractivity contribution in [3.05, 3.63) is 29.8 Å². The Bertz CT molecular complexity index is 686. The second-order valence-electron chi connectivity index (χ2n) is 4.01. The first-order valence-electron chi connectivity index (χ1n) is 6.25. The summed E-state index contributed by atoms with van der Waals surface area (Å²) in [5.41, 5.74) is 0.829. The molecule has 0 unspecified atom stereocenters. The number of nitrogens with one attached hydrogen (secondary N) is 1. The van der Waals surface area contributed by atoms with Gasteiger partial charge in [0.25, 0.3) is 0 Å². The first kappa shape index (κ1) is 16.3. The van der Waals surface area contributed by atoms with Crippen molar-refractivity contribution in [2.45, 2.75) is 4.34 Å². The maximum atomic E-state index is 11.8. The van der Waals surface area contributed by atoms with Crippen molar-refractivity contribution < 1.29 is 14.3 Å². The van der Waals surface area contributed by atoms with Gasteiger partial charge in [0.1, 0.15) is 0 Å². The third-order valence-corrected chi connectivity index (χ3v) is 4.46. The predicted molar refractivity (Wildman–Crippen MR) is 88.9 cm³/mol. The number of benzene rings is 1. The van der Waals surface area contributed by atoms with Crippen LogP contribution in [0.25, 0.3) is 6.08 Å². The minimum atomic E-state index is -0.265. The Kier molecular flexibility index (Phi) is 5.79. The van der Waals surface area contributed by atoms with Crippen LogP contribution in [-0.2, 0) is 4.79 Å². The van der Waals surface area contributed by atoms with Crippen LogP contribution in [0.1, 0.15) is 5.56 Å². The standard InChI is InChI=1S/C14H15N3O3S2/c1-19-10-6-4-9(8-11(10)20-2)5-7-12(18)15-13-16-17-14(21-3)22-13/h4-8H,1-3H3,(H,15,16,18)/b7-5+. The van der Waals surface area contributed by atoms with Gasteiger partial charge in [-0.2, -0.15) is 0 Å². The van der Waals surface area contributed by atoms with Gasteiger partial charge in [-0.1, -0.05) is 29.2 Å². The minimum absolute atomic E-state index is 0.265. The highest BCUT2D eigenvalue weighted by atomic mass is 32.2. The fraction of sp³-hybridized carbons (Fsp3) is 0.214. The molecule has 8 heteroatoms. The quantitative estimate of drug-likeness (QED) is 0.496. The Morgan fingerprint density at radius 3 is 2.68 bits per heavy atom. The number of carbonyl (C=O) groups excluding carboxylic acids is 1. The molecule has 6 nitrogen and oxygen atoms in total. The largest absolute Gasteiger partial charge is 0.493 e. The number of rotatable bonds is 6. The number of methoxy groups -OCH3 is 2. The van der Waals surface area contributed by atoms with Gasteiger partial charge in [0.2, 0.25) is 11.0 Å². The maximum absolute atomic E-state index is 11.8. The molecule has 1 aromatic carbocycles. The van der Waals surface area contributed by atoms with Crippen molar-refractivity contribution in [1.82, 2.24) is 10.2 Å². The van der Waals surface area contributed by atoms with Gasteiger partial charge in [0.15, 0.2) is 15.8 Å². The SMILES string of the molecule is COc1ccc(/C=C/C(=O)Nc2nnc(SC)s2)cc1OC. The van der Waals surface area contributed by atoms with E-state index in [1.54, 1.807) is 32.4 Å². The molecule has 1 N–H and O–H groups in total. The normalized spacial score (nSPS) is 10.7. The molecule has 1 amide bonds. The summed E-state index contributed by atoms with van der Waals surface area (Å²) >= 11 is 2.82. The molecule has 0 aliphatic heterocycles. The molecular weight excluding hydrogens is 322 g/mol. The van der Waals surface area contributed by atoms with E-state index in [0.29, 0.717) is 16.6 Å². The highest BCUT2D eigenvalue weighted by Gasteiger charge is 2.06. The molecule has 0 bridgehead atoms. The number of aromatic nitrogens is 2. The lowest BCUT2D eigenvalue weighted by Gasteiger charge is -2.07. The van der Waals surface area contributed by atoms with Gasteiger partial charge >= 0.3 is 0 Å². The van der Waals surface area contributed by atoms with Crippen molar-refractivity contribution in [2.75, 3.05) is 25.8 Å². The Hall–Kier alpha value is -2.06. The van der Waals surface area contributed by atoms with Crippen LogP contribution in [0.15, 0.2) is 28.6 Å². The van der Waals surface area contributed by atoms with E-state index >= 15 is 0 Å². The van der Waals surface area contributed by atoms with E-state index in [1.165, 1.54) is 29.2 Å². The third kappa shape index (κ3) is 4.22. The molecule has 0 saturated heterocycles. The van der Waals surface area contributed by atoms with Crippen LogP contribution in [0.3, 0.4) is 0 Å². The van der Waals surface area contributed by atoms with Gasteiger partial charge in [-0.3, -0.25) is 10.1 Å². The summed E-state index contributed by atoms with van der Waals surface area (Å²) < 4.78 is 11.2. The second kappa shape index (κ2) is 7.81. The lowest BCUT2D eigenvalue weighted by atomic mass is 10.2. The topological polar surface area (TPSA) is 73.3 Å². The van der Waals surface area contributed by atoms with Crippen LogP contribution in [0.4, 0.5) is 5.13 Å². The molecule has 0 radical (unpaired) electrons. The molecule has 2 rings (SSSR count). The highest BCUT2D eigenvalue weighted by molar-refractivity contribution is 8.00. The molecule has 22 heavy (non-hydrogen) atoms. The highest BCUT2D eigenvalue weighted by Crippen LogP contribution is 2.28. The first-order valence-corrected chi connectivity index (χ1v) is 8.29. The Morgan fingerprint density at radius 2 is 2.05 bits per heavy atom. The minimum Gasteiger partial charge on any atom is -0.493 e. The van der Waals surface area contributed by atoms with E-state index in [0.717, 1.165) is 9.90 Å². The number of carbonyl (C=O) groups is 1. The van der Waals surface area contributed by atoms with Crippen molar-refractivity contribution in [3.8, 4) is 11.5 Å². The summed E-state index contributed by atoms with van der Waals surface area (Å²) in [6.07, 6.45) is 5.03. The molecule has 0 aliphatic carbocycles. The van der Waals surface area contributed by atoms with Crippen LogP contribution < -0.4 is 14.8 Å². The Morgan fingerprint density at radius 1 is 1.27 bits per heavy atom. The lowest BCUT2D eigenvalue weighted by molar-refractivity contribution is -0.111. The number of nitrogens with zero attached hydrogens (tertiary/aromatic N) is 2. The van der Waals surface area contributed by atoms with E-state index in [9.17, 15) is 4.79 Å². The molecule has 0 atom stereocenters. The number of amides is 1. The van der Waals surface area contributed by atoms with Crippen molar-refractivity contribution in [1.29, 1.82) is 0 Å². The molecule has 1 aromatic heterocycles. The smallest absolute Gasteiger partial charge is 0.250 e. The summed E-state index contributed by atoms with van der Waals surface area (Å²) in [5.74, 6) is 0.986. The van der Waals surface area contributed by atoms with E-state index in [-0.39, 0.29) is 5.91 Å². The van der Waals surface area contributed by atoms with Crippen LogP contribution in [0, 0.1) is 0 Å². The number of ether oxygens (including phenoxy) is 2. The fourth-order valence-electron chi connectivity index (χ4n) is 1.62. The number of hydrogen-bond donors (Lipinski definition) is 1. The van der Waals surface area contributed by atoms with Crippen LogP contribution in [-0.4, -0.2) is 36.6 Å². The molecule has 0 saturated carbocycles. The van der Waals surface area contributed by atoms with Gasteiger partial charge in [-0.25, -0.2) is 0 Å². The number of thioether (sulfide) groups is 1.